The Balaban J connectivity index is 0.854. The monoisotopic (exact) mass is 959 g/mol. The number of benzene rings is 11. The van der Waals surface area contributed by atoms with Gasteiger partial charge in [-0.25, -0.2) is 0 Å². The van der Waals surface area contributed by atoms with Gasteiger partial charge in [-0.05, 0) is 164 Å². The average molecular weight is 960 g/mol. The van der Waals surface area contributed by atoms with Crippen LogP contribution in [0.1, 0.15) is 49.9 Å². The van der Waals surface area contributed by atoms with Crippen molar-refractivity contribution in [1.29, 1.82) is 0 Å². The van der Waals surface area contributed by atoms with E-state index >= 15 is 0 Å². The molecule has 0 radical (unpaired) electrons. The number of fused-ring (bicyclic) bond motifs is 12. The van der Waals surface area contributed by atoms with Gasteiger partial charge in [0.2, 0.25) is 0 Å². The summed E-state index contributed by atoms with van der Waals surface area (Å²) in [7, 11) is 0. The second-order valence-corrected chi connectivity index (χ2v) is 21.7. The minimum absolute atomic E-state index is 0.0953. The van der Waals surface area contributed by atoms with Gasteiger partial charge in [-0.3, -0.25) is 0 Å². The second kappa shape index (κ2) is 16.2. The van der Waals surface area contributed by atoms with Crippen molar-refractivity contribution in [3.8, 4) is 55.9 Å². The van der Waals surface area contributed by atoms with Crippen molar-refractivity contribution in [2.45, 2.75) is 38.5 Å². The molecule has 2 aromatic heterocycles. The molecule has 3 heteroatoms. The summed E-state index contributed by atoms with van der Waals surface area (Å²) in [4.78, 5) is 2.48. The van der Waals surface area contributed by atoms with Crippen LogP contribution in [-0.2, 0) is 10.8 Å². The first-order valence-electron chi connectivity index (χ1n) is 26.3. The number of anilines is 3. The molecule has 356 valence electrons. The maximum atomic E-state index is 2.48. The third-order valence-electron chi connectivity index (χ3n) is 16.9. The molecule has 13 aromatic rings. The summed E-state index contributed by atoms with van der Waals surface area (Å²) < 4.78 is 4.84. The van der Waals surface area contributed by atoms with Gasteiger partial charge in [0.25, 0.3) is 0 Å². The highest BCUT2D eigenvalue weighted by Crippen LogP contribution is 2.55. The number of nitrogens with zero attached hydrogens (tertiary/aromatic N) is 3. The van der Waals surface area contributed by atoms with Crippen molar-refractivity contribution in [3.63, 3.8) is 0 Å². The molecular weight excluding hydrogens is 907 g/mol. The fourth-order valence-electron chi connectivity index (χ4n) is 13.3. The quantitative estimate of drug-likeness (QED) is 0.155. The highest BCUT2D eigenvalue weighted by Gasteiger charge is 2.39. The molecule has 2 aliphatic rings. The van der Waals surface area contributed by atoms with E-state index in [1.165, 1.54) is 127 Å². The molecule has 0 N–H and O–H groups in total. The van der Waals surface area contributed by atoms with E-state index in [9.17, 15) is 0 Å². The molecule has 3 nitrogen and oxygen atoms in total. The lowest BCUT2D eigenvalue weighted by atomic mass is 9.81. The van der Waals surface area contributed by atoms with Crippen LogP contribution in [0.15, 0.2) is 249 Å². The van der Waals surface area contributed by atoms with Crippen LogP contribution in [0.25, 0.3) is 99.5 Å². The van der Waals surface area contributed by atoms with Crippen LogP contribution in [0.5, 0.6) is 0 Å². The van der Waals surface area contributed by atoms with E-state index in [1.54, 1.807) is 0 Å². The molecule has 0 spiro atoms. The van der Waals surface area contributed by atoms with Gasteiger partial charge in [0.15, 0.2) is 0 Å². The van der Waals surface area contributed by atoms with Gasteiger partial charge in [0.1, 0.15) is 0 Å². The molecule has 0 aliphatic heterocycles. The van der Waals surface area contributed by atoms with Crippen molar-refractivity contribution < 1.29 is 0 Å². The SMILES string of the molecule is CC1(C)c2ccccc2-c2cc3c4cc(-c5ccc(N(c6ccc(-c7ccc8c(c7)c7ccccc7n8-c7ccccc7)cc6)c6cccc7c6C(C)(C)c6ccccc6-7)cc5)ccc4n(-c4ccccc4)c3cc21. The van der Waals surface area contributed by atoms with Crippen molar-refractivity contribution in [3.05, 3.63) is 271 Å². The number of rotatable bonds is 7. The Hall–Kier alpha value is -9.18. The molecule has 0 fully saturated rings. The molecule has 75 heavy (non-hydrogen) atoms. The minimum Gasteiger partial charge on any atom is -0.310 e. The largest absolute Gasteiger partial charge is 0.310 e. The maximum absolute atomic E-state index is 2.48. The van der Waals surface area contributed by atoms with Gasteiger partial charge in [-0.2, -0.15) is 0 Å². The lowest BCUT2D eigenvalue weighted by molar-refractivity contribution is 0.660. The third kappa shape index (κ3) is 6.41. The minimum atomic E-state index is -0.207. The smallest absolute Gasteiger partial charge is 0.0544 e. The molecule has 0 saturated carbocycles. The topological polar surface area (TPSA) is 13.1 Å². The molecule has 15 rings (SSSR count). The summed E-state index contributed by atoms with van der Waals surface area (Å²) in [5.74, 6) is 0. The summed E-state index contributed by atoms with van der Waals surface area (Å²) in [6, 6.07) is 92.5. The third-order valence-corrected chi connectivity index (χ3v) is 16.9. The van der Waals surface area contributed by atoms with Crippen LogP contribution >= 0.6 is 0 Å². The molecule has 0 unspecified atom stereocenters. The summed E-state index contributed by atoms with van der Waals surface area (Å²) in [5, 5.41) is 5.03. The Kier molecular flexibility index (Phi) is 9.35. The van der Waals surface area contributed by atoms with Gasteiger partial charge in [-0.15, -0.1) is 0 Å². The first-order valence-corrected chi connectivity index (χ1v) is 26.3. The van der Waals surface area contributed by atoms with E-state index in [-0.39, 0.29) is 10.8 Å². The van der Waals surface area contributed by atoms with Gasteiger partial charge < -0.3 is 14.0 Å². The number of hydrogen-bond acceptors (Lipinski definition) is 1. The zero-order valence-corrected chi connectivity index (χ0v) is 42.5. The van der Waals surface area contributed by atoms with E-state index in [0.717, 1.165) is 11.4 Å². The van der Waals surface area contributed by atoms with Gasteiger partial charge in [-0.1, -0.05) is 179 Å². The van der Waals surface area contributed by atoms with Crippen LogP contribution in [0, 0.1) is 0 Å². The highest BCUT2D eigenvalue weighted by molar-refractivity contribution is 6.13. The van der Waals surface area contributed by atoms with E-state index in [2.05, 4.69) is 290 Å². The second-order valence-electron chi connectivity index (χ2n) is 21.7. The van der Waals surface area contributed by atoms with Crippen molar-refractivity contribution in [2.24, 2.45) is 0 Å². The Morgan fingerprint density at radius 3 is 1.36 bits per heavy atom. The van der Waals surface area contributed by atoms with Crippen LogP contribution in [-0.4, -0.2) is 9.13 Å². The fraction of sp³-hybridized carbons (Fsp3) is 0.0833. The van der Waals surface area contributed by atoms with E-state index in [4.69, 9.17) is 0 Å². The average Bonchev–Trinajstić information content (AvgIpc) is 4.18. The summed E-state index contributed by atoms with van der Waals surface area (Å²) in [5.41, 5.74) is 25.8. The zero-order chi connectivity index (χ0) is 50.2. The molecule has 0 bridgehead atoms. The molecular formula is C72H53N3. The maximum Gasteiger partial charge on any atom is 0.0544 e. The van der Waals surface area contributed by atoms with Crippen molar-refractivity contribution in [1.82, 2.24) is 9.13 Å². The normalized spacial score (nSPS) is 13.8. The molecule has 0 amide bonds. The van der Waals surface area contributed by atoms with Crippen LogP contribution in [0.3, 0.4) is 0 Å². The summed E-state index contributed by atoms with van der Waals surface area (Å²) >= 11 is 0. The zero-order valence-electron chi connectivity index (χ0n) is 42.5. The predicted octanol–water partition coefficient (Wildman–Crippen LogP) is 19.3. The Morgan fingerprint density at radius 1 is 0.293 bits per heavy atom. The lowest BCUT2D eigenvalue weighted by Crippen LogP contribution is -2.20. The fourth-order valence-corrected chi connectivity index (χ4v) is 13.3. The van der Waals surface area contributed by atoms with Gasteiger partial charge in [0.05, 0.1) is 27.8 Å². The summed E-state index contributed by atoms with van der Waals surface area (Å²) in [6.45, 7) is 9.51. The Morgan fingerprint density at radius 2 is 0.747 bits per heavy atom. The number of aromatic nitrogens is 2. The highest BCUT2D eigenvalue weighted by atomic mass is 15.1. The summed E-state index contributed by atoms with van der Waals surface area (Å²) in [6.07, 6.45) is 0. The lowest BCUT2D eigenvalue weighted by Gasteiger charge is -2.32. The van der Waals surface area contributed by atoms with Crippen LogP contribution < -0.4 is 4.90 Å². The predicted molar refractivity (Wildman–Crippen MR) is 316 cm³/mol. The standard InChI is InChI=1S/C72H53N3/c1-71(2)62-26-14-12-23-55(62)58-44-61-60-43-49(35-41-67(60)75(69(61)45-64(58)71)51-20-9-6-10-21-51)47-32-38-53(39-33-47)73(68-29-17-25-57-54-22-11-15-27-63(54)72(3,4)70(57)68)52-36-30-46(31-37-52)48-34-40-66-59(42-48)56-24-13-16-28-65(56)74(66)50-18-7-5-8-19-50/h5-45H,1-4H3. The molecule has 11 aromatic carbocycles. The molecule has 2 aliphatic carbocycles. The van der Waals surface area contributed by atoms with Crippen LogP contribution in [0.2, 0.25) is 0 Å². The Labute approximate surface area is 437 Å². The van der Waals surface area contributed by atoms with E-state index < -0.39 is 0 Å². The van der Waals surface area contributed by atoms with Gasteiger partial charge >= 0.3 is 0 Å². The van der Waals surface area contributed by atoms with E-state index in [0.29, 0.717) is 0 Å². The number of hydrogen-bond donors (Lipinski definition) is 0. The first-order chi connectivity index (χ1) is 36.7. The first kappa shape index (κ1) is 43.4. The molecule has 2 heterocycles. The van der Waals surface area contributed by atoms with Crippen LogP contribution in [0.4, 0.5) is 17.1 Å². The van der Waals surface area contributed by atoms with Crippen molar-refractivity contribution >= 4 is 60.7 Å². The molecule has 0 saturated heterocycles. The molecule has 0 atom stereocenters. The van der Waals surface area contributed by atoms with Crippen molar-refractivity contribution in [2.75, 3.05) is 4.90 Å². The number of para-hydroxylation sites is 3. The Bertz CT molecular complexity index is 4440. The van der Waals surface area contributed by atoms with Gasteiger partial charge in [0, 0.05) is 55.1 Å². The van der Waals surface area contributed by atoms with E-state index in [1.807, 2.05) is 0 Å².